The van der Waals surface area contributed by atoms with Crippen LogP contribution in [0.1, 0.15) is 23.2 Å². The molecule has 2 rings (SSSR count). The Kier molecular flexibility index (Phi) is 4.54. The maximum atomic E-state index is 13.8. The first kappa shape index (κ1) is 14.7. The number of non-ortho nitro benzene ring substituents is 1. The fraction of sp³-hybridized carbons (Fsp3) is 0.462. The van der Waals surface area contributed by atoms with E-state index in [2.05, 4.69) is 0 Å². The second-order valence-corrected chi connectivity index (χ2v) is 5.12. The molecule has 0 spiro atoms. The Morgan fingerprint density at radius 1 is 1.45 bits per heavy atom. The molecule has 5 nitrogen and oxygen atoms in total. The van der Waals surface area contributed by atoms with Crippen LogP contribution in [0.25, 0.3) is 0 Å². The van der Waals surface area contributed by atoms with Crippen molar-refractivity contribution < 1.29 is 14.1 Å². The maximum absolute atomic E-state index is 13.8. The number of hydrogen-bond donors (Lipinski definition) is 0. The summed E-state index contributed by atoms with van der Waals surface area (Å²) < 4.78 is 13.8. The number of carbonyl (C=O) groups is 1. The summed E-state index contributed by atoms with van der Waals surface area (Å²) in [4.78, 5) is 23.6. The lowest BCUT2D eigenvalue weighted by atomic mass is 9.98. The second kappa shape index (κ2) is 6.17. The number of rotatable bonds is 3. The molecule has 0 aromatic heterocycles. The van der Waals surface area contributed by atoms with E-state index in [1.54, 1.807) is 4.90 Å². The molecule has 1 heterocycles. The molecule has 0 N–H and O–H groups in total. The molecule has 7 heteroatoms. The van der Waals surface area contributed by atoms with Crippen molar-refractivity contribution in [2.75, 3.05) is 19.0 Å². The van der Waals surface area contributed by atoms with Crippen molar-refractivity contribution in [3.8, 4) is 0 Å². The number of piperidine rings is 1. The number of alkyl halides is 1. The third-order valence-electron chi connectivity index (χ3n) is 3.51. The Labute approximate surface area is 120 Å². The first-order valence-corrected chi connectivity index (χ1v) is 6.85. The van der Waals surface area contributed by atoms with Crippen molar-refractivity contribution in [2.45, 2.75) is 12.8 Å². The van der Waals surface area contributed by atoms with Gasteiger partial charge in [0.25, 0.3) is 11.6 Å². The van der Waals surface area contributed by atoms with Gasteiger partial charge in [-0.2, -0.15) is 0 Å². The summed E-state index contributed by atoms with van der Waals surface area (Å²) in [6.07, 6.45) is 1.59. The van der Waals surface area contributed by atoms with Crippen molar-refractivity contribution in [3.63, 3.8) is 0 Å². The predicted octanol–water partition coefficient (Wildman–Crippen LogP) is 2.82. The molecular weight excluding hydrogens is 287 g/mol. The molecule has 1 aromatic carbocycles. The predicted molar refractivity (Wildman–Crippen MR) is 72.4 cm³/mol. The van der Waals surface area contributed by atoms with Crippen molar-refractivity contribution in [2.24, 2.45) is 5.92 Å². The Morgan fingerprint density at radius 3 is 2.60 bits per heavy atom. The van der Waals surface area contributed by atoms with E-state index in [1.165, 1.54) is 6.07 Å². The average Bonchev–Trinajstić information content (AvgIpc) is 2.46. The van der Waals surface area contributed by atoms with Crippen LogP contribution < -0.4 is 0 Å². The number of halogens is 2. The second-order valence-electron chi connectivity index (χ2n) is 4.81. The number of amides is 1. The van der Waals surface area contributed by atoms with Gasteiger partial charge in [-0.05, 0) is 24.8 Å². The summed E-state index contributed by atoms with van der Waals surface area (Å²) in [5.74, 6) is -0.329. The van der Waals surface area contributed by atoms with E-state index in [0.717, 1.165) is 25.0 Å². The van der Waals surface area contributed by atoms with Gasteiger partial charge in [0.15, 0.2) is 0 Å². The summed E-state index contributed by atoms with van der Waals surface area (Å²) in [6.45, 7) is 1.07. The zero-order chi connectivity index (χ0) is 14.7. The number of benzene rings is 1. The van der Waals surface area contributed by atoms with E-state index >= 15 is 0 Å². The minimum atomic E-state index is -0.858. The van der Waals surface area contributed by atoms with E-state index in [-0.39, 0.29) is 11.3 Å². The molecule has 108 valence electrons. The lowest BCUT2D eigenvalue weighted by molar-refractivity contribution is -0.385. The molecule has 0 bridgehead atoms. The number of likely N-dealkylation sites (tertiary alicyclic amines) is 1. The van der Waals surface area contributed by atoms with Gasteiger partial charge in [-0.25, -0.2) is 4.39 Å². The highest BCUT2D eigenvalue weighted by Crippen LogP contribution is 2.22. The summed E-state index contributed by atoms with van der Waals surface area (Å²) in [7, 11) is 0. The van der Waals surface area contributed by atoms with Gasteiger partial charge in [0.1, 0.15) is 5.82 Å². The molecule has 0 radical (unpaired) electrons. The molecule has 1 saturated heterocycles. The molecule has 1 aliphatic rings. The quantitative estimate of drug-likeness (QED) is 0.490. The summed E-state index contributed by atoms with van der Waals surface area (Å²) in [5.41, 5.74) is -0.486. The average molecular weight is 301 g/mol. The number of hydrogen-bond acceptors (Lipinski definition) is 3. The van der Waals surface area contributed by atoms with Crippen LogP contribution >= 0.6 is 11.6 Å². The lowest BCUT2D eigenvalue weighted by Crippen LogP contribution is -2.39. The van der Waals surface area contributed by atoms with E-state index in [4.69, 9.17) is 11.6 Å². The molecule has 0 unspecified atom stereocenters. The van der Waals surface area contributed by atoms with E-state index in [9.17, 15) is 19.3 Å². The van der Waals surface area contributed by atoms with E-state index in [1.807, 2.05) is 0 Å². The van der Waals surface area contributed by atoms with Crippen molar-refractivity contribution in [3.05, 3.63) is 39.7 Å². The maximum Gasteiger partial charge on any atom is 0.272 e. The highest BCUT2D eigenvalue weighted by Gasteiger charge is 2.25. The van der Waals surface area contributed by atoms with Gasteiger partial charge in [0.2, 0.25) is 0 Å². The van der Waals surface area contributed by atoms with E-state index in [0.29, 0.717) is 24.9 Å². The highest BCUT2D eigenvalue weighted by atomic mass is 35.5. The Balaban J connectivity index is 2.12. The topological polar surface area (TPSA) is 63.4 Å². The van der Waals surface area contributed by atoms with Crippen LogP contribution in [0.2, 0.25) is 0 Å². The third-order valence-corrected chi connectivity index (χ3v) is 3.95. The van der Waals surface area contributed by atoms with Crippen LogP contribution in [-0.4, -0.2) is 34.7 Å². The van der Waals surface area contributed by atoms with Crippen LogP contribution in [0.5, 0.6) is 0 Å². The first-order valence-electron chi connectivity index (χ1n) is 6.32. The molecule has 0 aliphatic carbocycles. The molecule has 1 amide bonds. The molecule has 0 saturated carbocycles. The number of nitrogens with zero attached hydrogens (tertiary/aromatic N) is 2. The van der Waals surface area contributed by atoms with Gasteiger partial charge in [0.05, 0.1) is 16.6 Å². The third kappa shape index (κ3) is 3.07. The van der Waals surface area contributed by atoms with Gasteiger partial charge in [-0.3, -0.25) is 14.9 Å². The highest BCUT2D eigenvalue weighted by molar-refractivity contribution is 6.18. The fourth-order valence-electron chi connectivity index (χ4n) is 2.25. The standard InChI is InChI=1S/C13H14ClFN2O3/c14-8-9-3-5-16(6-4-9)13(18)11-2-1-10(17(19)20)7-12(11)15/h1-2,7,9H,3-6,8H2. The Bertz CT molecular complexity index is 530. The van der Waals surface area contributed by atoms with Crippen LogP contribution in [-0.2, 0) is 0 Å². The summed E-state index contributed by atoms with van der Waals surface area (Å²) in [6, 6.07) is 3.09. The first-order chi connectivity index (χ1) is 9.52. The van der Waals surface area contributed by atoms with Gasteiger partial charge >= 0.3 is 0 Å². The Hall–Kier alpha value is -1.69. The lowest BCUT2D eigenvalue weighted by Gasteiger charge is -2.31. The van der Waals surface area contributed by atoms with Gasteiger partial charge in [-0.1, -0.05) is 0 Å². The minimum absolute atomic E-state index is 0.125. The SMILES string of the molecule is O=C(c1ccc([N+](=O)[O-])cc1F)N1CCC(CCl)CC1. The van der Waals surface area contributed by atoms with E-state index < -0.39 is 16.6 Å². The number of carbonyl (C=O) groups excluding carboxylic acids is 1. The number of nitro groups is 1. The molecule has 1 aliphatic heterocycles. The molecule has 20 heavy (non-hydrogen) atoms. The van der Waals surface area contributed by atoms with Crippen LogP contribution in [0.4, 0.5) is 10.1 Å². The summed E-state index contributed by atoms with van der Waals surface area (Å²) in [5, 5.41) is 10.5. The van der Waals surface area contributed by atoms with Crippen LogP contribution in [0.15, 0.2) is 18.2 Å². The minimum Gasteiger partial charge on any atom is -0.339 e. The van der Waals surface area contributed by atoms with Crippen LogP contribution in [0, 0.1) is 21.8 Å². The van der Waals surface area contributed by atoms with Crippen molar-refractivity contribution >= 4 is 23.2 Å². The normalized spacial score (nSPS) is 16.2. The van der Waals surface area contributed by atoms with Gasteiger partial charge < -0.3 is 4.90 Å². The van der Waals surface area contributed by atoms with Gasteiger partial charge in [-0.15, -0.1) is 11.6 Å². The van der Waals surface area contributed by atoms with Gasteiger partial charge in [0, 0.05) is 25.0 Å². The smallest absolute Gasteiger partial charge is 0.272 e. The summed E-state index contributed by atoms with van der Waals surface area (Å²) >= 11 is 5.77. The molecular formula is C13H14ClFN2O3. The largest absolute Gasteiger partial charge is 0.339 e. The molecule has 1 fully saturated rings. The van der Waals surface area contributed by atoms with Crippen LogP contribution in [0.3, 0.4) is 0 Å². The number of nitro benzene ring substituents is 1. The van der Waals surface area contributed by atoms with Crippen molar-refractivity contribution in [1.82, 2.24) is 4.90 Å². The fourth-order valence-corrected chi connectivity index (χ4v) is 2.56. The molecule has 0 atom stereocenters. The molecule has 1 aromatic rings. The zero-order valence-corrected chi connectivity index (χ0v) is 11.5. The zero-order valence-electron chi connectivity index (χ0n) is 10.7. The van der Waals surface area contributed by atoms with Crippen molar-refractivity contribution in [1.29, 1.82) is 0 Å². The monoisotopic (exact) mass is 300 g/mol. The Morgan fingerprint density at radius 2 is 2.10 bits per heavy atom.